The van der Waals surface area contributed by atoms with Gasteiger partial charge in [-0.05, 0) is 86.4 Å². The SMILES string of the molecule is CCn1c(-c2nonc2N)nc2c(C#CC(C)(C)O)ncc(OCCCNCCCC(=O)NCCOCC(=O)N[C@H](C(=O)N3C[C@H](O)C[C@H]3C(=O)NCc3ccc(-c4scnc4C)cc3)C(C)(C)C)c21. The predicted octanol–water partition coefficient (Wildman–Crippen LogP) is 2.72. The van der Waals surface area contributed by atoms with Crippen LogP contribution in [0.25, 0.3) is 33.0 Å². The smallest absolute Gasteiger partial charge is 0.246 e. The van der Waals surface area contributed by atoms with Crippen LogP contribution < -0.4 is 31.7 Å². The minimum atomic E-state index is -1.24. The lowest BCUT2D eigenvalue weighted by molar-refractivity contribution is -0.144. The van der Waals surface area contributed by atoms with Gasteiger partial charge in [-0.25, -0.2) is 19.6 Å². The summed E-state index contributed by atoms with van der Waals surface area (Å²) in [6.07, 6.45) is 2.28. The Hall–Kier alpha value is -6.51. The van der Waals surface area contributed by atoms with E-state index in [2.05, 4.69) is 53.4 Å². The van der Waals surface area contributed by atoms with Crippen LogP contribution in [-0.4, -0.2) is 138 Å². The molecule has 1 saturated heterocycles. The number of nitrogens with one attached hydrogen (secondary N) is 4. The third-order valence-corrected chi connectivity index (χ3v) is 12.3. The van der Waals surface area contributed by atoms with Crippen molar-refractivity contribution >= 4 is 51.8 Å². The van der Waals surface area contributed by atoms with Crippen molar-refractivity contribution < 1.29 is 43.5 Å². The maximum absolute atomic E-state index is 14.0. The van der Waals surface area contributed by atoms with Crippen LogP contribution >= 0.6 is 11.3 Å². The highest BCUT2D eigenvalue weighted by Crippen LogP contribution is 2.34. The van der Waals surface area contributed by atoms with E-state index in [1.165, 1.54) is 4.90 Å². The minimum absolute atomic E-state index is 0.0410. The number of hydrogen-bond donors (Lipinski definition) is 7. The number of rotatable bonds is 22. The van der Waals surface area contributed by atoms with E-state index in [9.17, 15) is 29.4 Å². The van der Waals surface area contributed by atoms with Crippen molar-refractivity contribution in [2.45, 2.75) is 111 Å². The van der Waals surface area contributed by atoms with E-state index >= 15 is 0 Å². The van der Waals surface area contributed by atoms with Crippen molar-refractivity contribution in [3.63, 3.8) is 0 Å². The van der Waals surface area contributed by atoms with Gasteiger partial charge in [0.05, 0.1) is 41.6 Å². The number of aryl methyl sites for hydroxylation is 2. The van der Waals surface area contributed by atoms with Gasteiger partial charge in [-0.15, -0.1) is 11.3 Å². The van der Waals surface area contributed by atoms with E-state index in [0.29, 0.717) is 67.4 Å². The first kappa shape index (κ1) is 52.9. The molecule has 0 radical (unpaired) electrons. The van der Waals surface area contributed by atoms with Gasteiger partial charge in [-0.1, -0.05) is 51.0 Å². The number of β-amino-alcohol motifs (C(OH)–C–C–N with tert-alkyl or cyclic N) is 1. The van der Waals surface area contributed by atoms with Gasteiger partial charge < -0.3 is 56.2 Å². The molecule has 0 spiro atoms. The standard InChI is InChI=1S/C48H64N12O9S/c1-8-59-40-35(25-52-33(16-17-48(6,7)66)38(40)56-44(59)39-43(49)58-69-57-39)68-21-10-19-50-18-9-11-36(62)51-20-22-67-27-37(63)55-42(47(3,4)5)46(65)60-26-32(61)23-34(60)45(64)53-24-30-12-14-31(15-13-30)41-29(2)54-28-70-41/h12-15,25,28,32,34,42,50,61,66H,8-11,18-24,26-27H2,1-7H3,(H2,49,58)(H,51,62)(H,53,64)(H,55,63)/t32-,34+,42-/m1/s1. The van der Waals surface area contributed by atoms with Gasteiger partial charge in [0.25, 0.3) is 0 Å². The molecule has 0 saturated carbocycles. The van der Waals surface area contributed by atoms with Gasteiger partial charge in [0.15, 0.2) is 23.1 Å². The molecule has 1 fully saturated rings. The summed E-state index contributed by atoms with van der Waals surface area (Å²) in [5.74, 6) is 5.12. The number of pyridine rings is 1. The topological polar surface area (TPSA) is 287 Å². The second kappa shape index (κ2) is 23.9. The molecule has 0 aliphatic carbocycles. The number of ether oxygens (including phenoxy) is 2. The van der Waals surface area contributed by atoms with Crippen LogP contribution in [0.4, 0.5) is 5.82 Å². The molecule has 8 N–H and O–H groups in total. The molecule has 1 aromatic carbocycles. The highest BCUT2D eigenvalue weighted by Gasteiger charge is 2.44. The third kappa shape index (κ3) is 14.1. The number of thiazole rings is 1. The molecule has 21 nitrogen and oxygen atoms in total. The van der Waals surface area contributed by atoms with Gasteiger partial charge in [0, 0.05) is 39.0 Å². The zero-order chi connectivity index (χ0) is 50.6. The van der Waals surface area contributed by atoms with Crippen molar-refractivity contribution in [2.24, 2.45) is 5.41 Å². The first-order valence-electron chi connectivity index (χ1n) is 23.3. The Morgan fingerprint density at radius 2 is 1.77 bits per heavy atom. The van der Waals surface area contributed by atoms with Gasteiger partial charge in [0.1, 0.15) is 41.0 Å². The van der Waals surface area contributed by atoms with Gasteiger partial charge >= 0.3 is 0 Å². The predicted molar refractivity (Wildman–Crippen MR) is 262 cm³/mol. The second-order valence-corrected chi connectivity index (χ2v) is 19.4. The van der Waals surface area contributed by atoms with Crippen LogP contribution in [0.2, 0.25) is 0 Å². The zero-order valence-electron chi connectivity index (χ0n) is 40.8. The first-order chi connectivity index (χ1) is 33.3. The van der Waals surface area contributed by atoms with Gasteiger partial charge in [-0.2, -0.15) is 0 Å². The Morgan fingerprint density at radius 1 is 1.01 bits per heavy atom. The molecular weight excluding hydrogens is 921 g/mol. The molecule has 5 heterocycles. The number of nitrogen functional groups attached to an aromatic ring is 1. The van der Waals surface area contributed by atoms with Crippen molar-refractivity contribution in [1.82, 2.24) is 56.0 Å². The van der Waals surface area contributed by atoms with Crippen molar-refractivity contribution in [3.8, 4) is 39.5 Å². The Labute approximate surface area is 410 Å². The zero-order valence-corrected chi connectivity index (χ0v) is 41.6. The largest absolute Gasteiger partial charge is 0.490 e. The van der Waals surface area contributed by atoms with Crippen LogP contribution in [0, 0.1) is 24.2 Å². The minimum Gasteiger partial charge on any atom is -0.490 e. The summed E-state index contributed by atoms with van der Waals surface area (Å²) in [5, 5.41) is 40.2. The Kier molecular flexibility index (Phi) is 18.0. The first-order valence-corrected chi connectivity index (χ1v) is 24.2. The summed E-state index contributed by atoms with van der Waals surface area (Å²) in [7, 11) is 0. The molecule has 1 aliphatic heterocycles. The average molecular weight is 985 g/mol. The molecule has 4 aromatic heterocycles. The Morgan fingerprint density at radius 3 is 2.44 bits per heavy atom. The molecule has 1 aliphatic rings. The molecule has 3 atom stereocenters. The molecule has 0 unspecified atom stereocenters. The summed E-state index contributed by atoms with van der Waals surface area (Å²) >= 11 is 1.56. The van der Waals surface area contributed by atoms with Crippen LogP contribution in [0.5, 0.6) is 5.75 Å². The number of nitrogens with zero attached hydrogens (tertiary/aromatic N) is 7. The van der Waals surface area contributed by atoms with Crippen molar-refractivity contribution in [2.75, 3.05) is 51.7 Å². The van der Waals surface area contributed by atoms with E-state index in [1.807, 2.05) is 63.5 Å². The van der Waals surface area contributed by atoms with E-state index in [0.717, 1.165) is 21.7 Å². The monoisotopic (exact) mass is 984 g/mol. The number of aliphatic hydroxyl groups excluding tert-OH is 1. The number of benzene rings is 1. The second-order valence-electron chi connectivity index (χ2n) is 18.6. The number of likely N-dealkylation sites (tertiary alicyclic amines) is 1. The van der Waals surface area contributed by atoms with E-state index in [4.69, 9.17) is 24.8 Å². The lowest BCUT2D eigenvalue weighted by Crippen LogP contribution is -2.58. The van der Waals surface area contributed by atoms with E-state index in [1.54, 1.807) is 36.9 Å². The average Bonchev–Trinajstić information content (AvgIpc) is 4.13. The summed E-state index contributed by atoms with van der Waals surface area (Å²) in [6.45, 7) is 14.7. The molecule has 70 heavy (non-hydrogen) atoms. The Bertz CT molecular complexity index is 2660. The number of nitrogens with two attached hydrogens (primary N) is 1. The fourth-order valence-corrected chi connectivity index (χ4v) is 8.55. The number of imidazole rings is 1. The van der Waals surface area contributed by atoms with E-state index < -0.39 is 46.9 Å². The third-order valence-electron chi connectivity index (χ3n) is 11.3. The van der Waals surface area contributed by atoms with Crippen LogP contribution in [-0.2, 0) is 37.0 Å². The number of fused-ring (bicyclic) bond motifs is 1. The molecule has 6 rings (SSSR count). The fourth-order valence-electron chi connectivity index (χ4n) is 7.74. The number of aromatic nitrogens is 6. The van der Waals surface area contributed by atoms with Crippen LogP contribution in [0.3, 0.4) is 0 Å². The van der Waals surface area contributed by atoms with Gasteiger partial charge in [-0.3, -0.25) is 19.2 Å². The summed E-state index contributed by atoms with van der Waals surface area (Å²) in [5.41, 5.74) is 10.4. The maximum Gasteiger partial charge on any atom is 0.246 e. The lowest BCUT2D eigenvalue weighted by atomic mass is 9.85. The van der Waals surface area contributed by atoms with E-state index in [-0.39, 0.29) is 63.1 Å². The molecule has 5 aromatic rings. The Balaban J connectivity index is 0.873. The highest BCUT2D eigenvalue weighted by molar-refractivity contribution is 7.13. The molecule has 4 amide bonds. The number of hydrogen-bond acceptors (Lipinski definition) is 17. The number of carbonyl (C=O) groups is 4. The van der Waals surface area contributed by atoms with Crippen molar-refractivity contribution in [3.05, 3.63) is 52.9 Å². The molecule has 22 heteroatoms. The van der Waals surface area contributed by atoms with Crippen LogP contribution in [0.15, 0.2) is 40.6 Å². The van der Waals surface area contributed by atoms with Crippen LogP contribution in [0.1, 0.15) is 84.2 Å². The lowest BCUT2D eigenvalue weighted by Gasteiger charge is -2.35. The normalized spacial score (nSPS) is 15.4. The summed E-state index contributed by atoms with van der Waals surface area (Å²) < 4.78 is 18.4. The molecule has 0 bridgehead atoms. The molecular formula is C48H64N12O9S. The number of aliphatic hydroxyl groups is 2. The number of amides is 4. The highest BCUT2D eigenvalue weighted by atomic mass is 32.1. The van der Waals surface area contributed by atoms with Crippen molar-refractivity contribution in [1.29, 1.82) is 0 Å². The number of anilines is 1. The number of carbonyl (C=O) groups excluding carboxylic acids is 4. The summed E-state index contributed by atoms with van der Waals surface area (Å²) in [4.78, 5) is 68.9. The summed E-state index contributed by atoms with van der Waals surface area (Å²) in [6, 6.07) is 5.90. The fraction of sp³-hybridized carbons (Fsp3) is 0.521. The molecule has 376 valence electrons. The van der Waals surface area contributed by atoms with Gasteiger partial charge in [0.2, 0.25) is 23.6 Å². The quantitative estimate of drug-likeness (QED) is 0.0388. The maximum atomic E-state index is 14.0.